The number of hydrogen-bond donors (Lipinski definition) is 0. The van der Waals surface area contributed by atoms with Gasteiger partial charge < -0.3 is 14.5 Å². The van der Waals surface area contributed by atoms with E-state index in [1.165, 1.54) is 0 Å². The first kappa shape index (κ1) is 19.7. The van der Waals surface area contributed by atoms with Crippen LogP contribution in [0.1, 0.15) is 32.6 Å². The molecule has 146 valence electrons. The highest BCUT2D eigenvalue weighted by atomic mass is 32.2. The van der Waals surface area contributed by atoms with Crippen molar-refractivity contribution in [1.82, 2.24) is 4.90 Å². The molecule has 0 aliphatic carbocycles. The van der Waals surface area contributed by atoms with Crippen molar-refractivity contribution in [3.05, 3.63) is 24.3 Å². The van der Waals surface area contributed by atoms with Gasteiger partial charge in [0.25, 0.3) is 0 Å². The Morgan fingerprint density at radius 3 is 2.93 bits per heavy atom. The van der Waals surface area contributed by atoms with Crippen molar-refractivity contribution in [2.75, 3.05) is 36.9 Å². The van der Waals surface area contributed by atoms with Crippen molar-refractivity contribution in [2.45, 2.75) is 37.5 Å². The molecule has 6 nitrogen and oxygen atoms in total. The second-order valence-electron chi connectivity index (χ2n) is 6.84. The third-order valence-electron chi connectivity index (χ3n) is 4.97. The monoisotopic (exact) mass is 390 g/mol. The first-order valence-electron chi connectivity index (χ1n) is 9.56. The number of benzene rings is 1. The number of amides is 2. The predicted octanol–water partition coefficient (Wildman–Crippen LogP) is 2.71. The maximum Gasteiger partial charge on any atom is 0.310 e. The molecule has 3 rings (SSSR count). The molecule has 2 aliphatic rings. The van der Waals surface area contributed by atoms with E-state index in [0.29, 0.717) is 44.8 Å². The Balaban J connectivity index is 1.51. The number of likely N-dealkylation sites (tertiary alicyclic amines) is 1. The number of rotatable bonds is 6. The van der Waals surface area contributed by atoms with Crippen LogP contribution in [0.2, 0.25) is 0 Å². The van der Waals surface area contributed by atoms with Gasteiger partial charge in [-0.15, -0.1) is 11.8 Å². The van der Waals surface area contributed by atoms with E-state index in [1.54, 1.807) is 28.5 Å². The maximum absolute atomic E-state index is 12.6. The molecule has 0 bridgehead atoms. The fraction of sp³-hybridized carbons (Fsp3) is 0.550. The molecule has 1 fully saturated rings. The fourth-order valence-corrected chi connectivity index (χ4v) is 4.54. The van der Waals surface area contributed by atoms with E-state index in [0.717, 1.165) is 23.4 Å². The van der Waals surface area contributed by atoms with Crippen LogP contribution in [0.4, 0.5) is 5.69 Å². The number of anilines is 1. The zero-order chi connectivity index (χ0) is 19.2. The second-order valence-corrected chi connectivity index (χ2v) is 7.85. The first-order valence-corrected chi connectivity index (χ1v) is 10.5. The number of carbonyl (C=O) groups is 3. The zero-order valence-corrected chi connectivity index (χ0v) is 16.5. The van der Waals surface area contributed by atoms with E-state index in [-0.39, 0.29) is 23.7 Å². The van der Waals surface area contributed by atoms with E-state index in [4.69, 9.17) is 4.74 Å². The Labute approximate surface area is 164 Å². The Bertz CT molecular complexity index is 709. The van der Waals surface area contributed by atoms with Crippen molar-refractivity contribution in [3.8, 4) is 0 Å². The zero-order valence-electron chi connectivity index (χ0n) is 15.7. The number of ether oxygens (including phenoxy) is 1. The van der Waals surface area contributed by atoms with Crippen LogP contribution in [0.25, 0.3) is 0 Å². The van der Waals surface area contributed by atoms with E-state index in [1.807, 2.05) is 24.3 Å². The average Bonchev–Trinajstić information content (AvgIpc) is 2.70. The highest BCUT2D eigenvalue weighted by molar-refractivity contribution is 8.00. The summed E-state index contributed by atoms with van der Waals surface area (Å²) in [7, 11) is 0. The average molecular weight is 391 g/mol. The van der Waals surface area contributed by atoms with E-state index in [9.17, 15) is 14.4 Å². The van der Waals surface area contributed by atoms with E-state index >= 15 is 0 Å². The Hall–Kier alpha value is -2.02. The standard InChI is InChI=1S/C20H26N2O4S/c1-2-26-20(25)15-7-5-11-21(13-15)18(23)10-6-12-22-16-8-3-4-9-17(16)27-14-19(22)24/h3-4,8-9,15H,2,5-7,10-14H2,1H3/t15-/m0/s1. The van der Waals surface area contributed by atoms with Crippen LogP contribution in [0, 0.1) is 5.92 Å². The van der Waals surface area contributed by atoms with Gasteiger partial charge in [0.05, 0.1) is 24.0 Å². The lowest BCUT2D eigenvalue weighted by Gasteiger charge is -2.32. The van der Waals surface area contributed by atoms with E-state index < -0.39 is 0 Å². The molecule has 0 N–H and O–H groups in total. The number of para-hydroxylation sites is 1. The summed E-state index contributed by atoms with van der Waals surface area (Å²) >= 11 is 1.56. The maximum atomic E-state index is 12.6. The lowest BCUT2D eigenvalue weighted by Crippen LogP contribution is -2.43. The molecular weight excluding hydrogens is 364 g/mol. The van der Waals surface area contributed by atoms with Gasteiger partial charge in [0.1, 0.15) is 0 Å². The molecule has 2 heterocycles. The SMILES string of the molecule is CCOC(=O)[C@H]1CCCN(C(=O)CCCN2C(=O)CSc3ccccc32)C1. The molecule has 0 aromatic heterocycles. The molecule has 27 heavy (non-hydrogen) atoms. The minimum absolute atomic E-state index is 0.0520. The van der Waals surface area contributed by atoms with Gasteiger partial charge in [0, 0.05) is 31.0 Å². The van der Waals surface area contributed by atoms with Crippen LogP contribution in [0.5, 0.6) is 0 Å². The summed E-state index contributed by atoms with van der Waals surface area (Å²) in [6, 6.07) is 7.88. The lowest BCUT2D eigenvalue weighted by molar-refractivity contribution is -0.151. The van der Waals surface area contributed by atoms with Gasteiger partial charge in [-0.25, -0.2) is 0 Å². The molecule has 2 amide bonds. The number of fused-ring (bicyclic) bond motifs is 1. The van der Waals surface area contributed by atoms with E-state index in [2.05, 4.69) is 0 Å². The molecule has 0 radical (unpaired) electrons. The molecule has 1 atom stereocenters. The summed E-state index contributed by atoms with van der Waals surface area (Å²) in [5.74, 6) is 0.166. The second kappa shape index (κ2) is 9.26. The van der Waals surface area contributed by atoms with Crippen molar-refractivity contribution in [3.63, 3.8) is 0 Å². The molecule has 2 aliphatic heterocycles. The van der Waals surface area contributed by atoms with Crippen LogP contribution in [0.15, 0.2) is 29.2 Å². The third-order valence-corrected chi connectivity index (χ3v) is 6.02. The largest absolute Gasteiger partial charge is 0.466 e. The third kappa shape index (κ3) is 4.83. The van der Waals surface area contributed by atoms with Gasteiger partial charge in [-0.05, 0) is 38.3 Å². The van der Waals surface area contributed by atoms with Gasteiger partial charge in [-0.3, -0.25) is 14.4 Å². The minimum atomic E-state index is -0.213. The van der Waals surface area contributed by atoms with Gasteiger partial charge in [-0.2, -0.15) is 0 Å². The van der Waals surface area contributed by atoms with Gasteiger partial charge >= 0.3 is 5.97 Å². The highest BCUT2D eigenvalue weighted by Gasteiger charge is 2.29. The summed E-state index contributed by atoms with van der Waals surface area (Å²) in [6.07, 6.45) is 2.60. The summed E-state index contributed by atoms with van der Waals surface area (Å²) in [5, 5.41) is 0. The minimum Gasteiger partial charge on any atom is -0.466 e. The van der Waals surface area contributed by atoms with Crippen molar-refractivity contribution < 1.29 is 19.1 Å². The molecule has 1 aromatic rings. The number of thioether (sulfide) groups is 1. The smallest absolute Gasteiger partial charge is 0.310 e. The Morgan fingerprint density at radius 2 is 2.11 bits per heavy atom. The number of nitrogens with zero attached hydrogens (tertiary/aromatic N) is 2. The molecule has 1 aromatic carbocycles. The summed E-state index contributed by atoms with van der Waals surface area (Å²) < 4.78 is 5.09. The van der Waals surface area contributed by atoms with Crippen LogP contribution >= 0.6 is 11.8 Å². The normalized spacial score (nSPS) is 19.6. The van der Waals surface area contributed by atoms with Crippen molar-refractivity contribution >= 4 is 35.2 Å². The number of esters is 1. The summed E-state index contributed by atoms with van der Waals surface area (Å²) in [6.45, 7) is 3.84. The molecule has 0 unspecified atom stereocenters. The molecule has 7 heteroatoms. The van der Waals surface area contributed by atoms with Crippen LogP contribution < -0.4 is 4.90 Å². The molecule has 0 saturated carbocycles. The van der Waals surface area contributed by atoms with Crippen LogP contribution in [-0.4, -0.2) is 54.7 Å². The van der Waals surface area contributed by atoms with Crippen LogP contribution in [0.3, 0.4) is 0 Å². The molecule has 0 spiro atoms. The number of piperidine rings is 1. The van der Waals surface area contributed by atoms with Crippen molar-refractivity contribution in [2.24, 2.45) is 5.92 Å². The Morgan fingerprint density at radius 1 is 1.30 bits per heavy atom. The van der Waals surface area contributed by atoms with Gasteiger partial charge in [0.15, 0.2) is 0 Å². The topological polar surface area (TPSA) is 66.9 Å². The molecule has 1 saturated heterocycles. The Kier molecular flexibility index (Phi) is 6.77. The highest BCUT2D eigenvalue weighted by Crippen LogP contribution is 2.35. The quantitative estimate of drug-likeness (QED) is 0.699. The molecular formula is C20H26N2O4S. The van der Waals surface area contributed by atoms with Crippen LogP contribution in [-0.2, 0) is 19.1 Å². The van der Waals surface area contributed by atoms with Gasteiger partial charge in [-0.1, -0.05) is 12.1 Å². The summed E-state index contributed by atoms with van der Waals surface area (Å²) in [4.78, 5) is 41.4. The van der Waals surface area contributed by atoms with Crippen molar-refractivity contribution in [1.29, 1.82) is 0 Å². The lowest BCUT2D eigenvalue weighted by atomic mass is 9.98. The number of hydrogen-bond acceptors (Lipinski definition) is 5. The fourth-order valence-electron chi connectivity index (χ4n) is 3.60. The number of carbonyl (C=O) groups excluding carboxylic acids is 3. The predicted molar refractivity (Wildman–Crippen MR) is 105 cm³/mol. The first-order chi connectivity index (χ1) is 13.1. The summed E-state index contributed by atoms with van der Waals surface area (Å²) in [5.41, 5.74) is 0.937. The van der Waals surface area contributed by atoms with Gasteiger partial charge in [0.2, 0.25) is 11.8 Å².